The lowest BCUT2D eigenvalue weighted by molar-refractivity contribution is 0.0763. The van der Waals surface area contributed by atoms with E-state index in [0.717, 1.165) is 6.20 Å². The molecule has 7 nitrogen and oxygen atoms in total. The minimum atomic E-state index is -1.24. The van der Waals surface area contributed by atoms with Crippen LogP contribution in [0.1, 0.15) is 10.4 Å². The highest BCUT2D eigenvalue weighted by atomic mass is 19.1. The van der Waals surface area contributed by atoms with E-state index in [1.807, 2.05) is 0 Å². The number of hydrogen-bond donors (Lipinski definition) is 0. The highest BCUT2D eigenvalue weighted by Gasteiger charge is 2.59. The maximum atomic E-state index is 14.2. The summed E-state index contributed by atoms with van der Waals surface area (Å²) in [6.07, 6.45) is 2.45. The van der Waals surface area contributed by atoms with E-state index in [9.17, 15) is 27.2 Å². The maximum Gasteiger partial charge on any atom is 0.259 e. The van der Waals surface area contributed by atoms with E-state index in [0.29, 0.717) is 18.1 Å². The monoisotopic (exact) mass is 473 g/mol. The van der Waals surface area contributed by atoms with Gasteiger partial charge in [-0.3, -0.25) is 19.1 Å². The Bertz CT molecular complexity index is 1340. The van der Waals surface area contributed by atoms with Gasteiger partial charge in [0.15, 0.2) is 5.82 Å². The molecule has 1 aromatic carbocycles. The van der Waals surface area contributed by atoms with Crippen molar-refractivity contribution in [1.29, 1.82) is 0 Å². The van der Waals surface area contributed by atoms with Crippen LogP contribution in [0.25, 0.3) is 11.3 Å². The number of likely N-dealkylation sites (tertiary alicyclic amines) is 1. The molecule has 34 heavy (non-hydrogen) atoms. The van der Waals surface area contributed by atoms with Gasteiger partial charge in [0.05, 0.1) is 11.9 Å². The van der Waals surface area contributed by atoms with Crippen molar-refractivity contribution in [2.24, 2.45) is 18.9 Å². The average molecular weight is 473 g/mol. The van der Waals surface area contributed by atoms with Crippen LogP contribution >= 0.6 is 0 Å². The van der Waals surface area contributed by atoms with Gasteiger partial charge in [-0.05, 0) is 6.07 Å². The third kappa shape index (κ3) is 3.51. The van der Waals surface area contributed by atoms with Gasteiger partial charge in [0.2, 0.25) is 5.95 Å². The van der Waals surface area contributed by atoms with Gasteiger partial charge in [-0.25, -0.2) is 22.5 Å². The van der Waals surface area contributed by atoms with Crippen LogP contribution in [0.5, 0.6) is 0 Å². The van der Waals surface area contributed by atoms with Gasteiger partial charge < -0.3 is 9.80 Å². The Morgan fingerprint density at radius 3 is 2.32 bits per heavy atom. The Morgan fingerprint density at radius 1 is 1.06 bits per heavy atom. The van der Waals surface area contributed by atoms with E-state index in [1.54, 1.807) is 19.0 Å². The molecule has 2 fully saturated rings. The molecular weight excluding hydrogens is 454 g/mol. The minimum Gasteiger partial charge on any atom is -0.342 e. The van der Waals surface area contributed by atoms with Crippen molar-refractivity contribution in [1.82, 2.24) is 19.4 Å². The van der Waals surface area contributed by atoms with Gasteiger partial charge in [-0.1, -0.05) is 0 Å². The molecule has 5 rings (SSSR count). The first kappa shape index (κ1) is 22.1. The number of anilines is 1. The average Bonchev–Trinajstić information content (AvgIpc) is 3.27. The molecule has 0 unspecified atom stereocenters. The van der Waals surface area contributed by atoms with Crippen LogP contribution in [0.2, 0.25) is 0 Å². The molecule has 0 radical (unpaired) electrons. The van der Waals surface area contributed by atoms with E-state index in [2.05, 4.69) is 9.97 Å². The van der Waals surface area contributed by atoms with Gasteiger partial charge in [0, 0.05) is 75.0 Å². The minimum absolute atomic E-state index is 0.00117. The van der Waals surface area contributed by atoms with Crippen LogP contribution in [0, 0.1) is 35.1 Å². The van der Waals surface area contributed by atoms with Gasteiger partial charge in [0.1, 0.15) is 23.0 Å². The van der Waals surface area contributed by atoms with Crippen molar-refractivity contribution < 1.29 is 22.4 Å². The van der Waals surface area contributed by atoms with E-state index >= 15 is 0 Å². The van der Waals surface area contributed by atoms with Crippen LogP contribution in [0.4, 0.5) is 23.5 Å². The first-order valence-corrected chi connectivity index (χ1v) is 10.5. The summed E-state index contributed by atoms with van der Waals surface area (Å²) < 4.78 is 56.8. The number of rotatable bonds is 4. The summed E-state index contributed by atoms with van der Waals surface area (Å²) in [5, 5.41) is 0. The number of piperidine rings is 1. The molecule has 2 aliphatic rings. The molecule has 1 amide bonds. The largest absolute Gasteiger partial charge is 0.342 e. The van der Waals surface area contributed by atoms with Crippen molar-refractivity contribution in [3.63, 3.8) is 0 Å². The third-order valence-corrected chi connectivity index (χ3v) is 6.58. The van der Waals surface area contributed by atoms with Gasteiger partial charge in [0.25, 0.3) is 11.5 Å². The fourth-order valence-corrected chi connectivity index (χ4v) is 4.84. The lowest BCUT2D eigenvalue weighted by Crippen LogP contribution is -2.38. The van der Waals surface area contributed by atoms with Gasteiger partial charge in [-0.15, -0.1) is 0 Å². The second kappa shape index (κ2) is 7.93. The number of halogens is 4. The smallest absolute Gasteiger partial charge is 0.259 e. The second-order valence-electron chi connectivity index (χ2n) is 8.58. The summed E-state index contributed by atoms with van der Waals surface area (Å²) in [7, 11) is 3.31. The number of aromatic nitrogens is 3. The summed E-state index contributed by atoms with van der Waals surface area (Å²) in [5.74, 6) is -4.68. The Hall–Kier alpha value is -3.76. The van der Waals surface area contributed by atoms with Crippen LogP contribution < -0.4 is 10.5 Å². The molecule has 0 N–H and O–H groups in total. The lowest BCUT2D eigenvalue weighted by Gasteiger charge is -2.26. The number of carbonyl (C=O) groups excluding carboxylic acids is 1. The predicted octanol–water partition coefficient (Wildman–Crippen LogP) is 2.61. The number of fused-ring (bicyclic) bond motifs is 1. The first-order valence-electron chi connectivity index (χ1n) is 10.5. The Morgan fingerprint density at radius 2 is 1.71 bits per heavy atom. The molecule has 1 saturated carbocycles. The van der Waals surface area contributed by atoms with Crippen LogP contribution in [-0.4, -0.2) is 51.5 Å². The standard InChI is InChI=1S/C23H19F4N5O2/c1-30-19(33)7-18(12-3-4-28-8-17(12)27)29-23(30)31(2)21-13-9-32(10-14(13)21)22(34)20-15(25)5-11(24)6-16(20)26/h3-8,13-14,21H,9-10H2,1-2H3/t13-,14+,21-. The molecule has 3 atom stereocenters. The third-order valence-electron chi connectivity index (χ3n) is 6.58. The van der Waals surface area contributed by atoms with Crippen molar-refractivity contribution in [2.45, 2.75) is 6.04 Å². The molecule has 0 spiro atoms. The quantitative estimate of drug-likeness (QED) is 0.545. The number of nitrogens with zero attached hydrogens (tertiary/aromatic N) is 5. The summed E-state index contributed by atoms with van der Waals surface area (Å²) in [5.41, 5.74) is -0.815. The second-order valence-corrected chi connectivity index (χ2v) is 8.58. The van der Waals surface area contributed by atoms with Gasteiger partial charge >= 0.3 is 0 Å². The normalized spacial score (nSPS) is 20.9. The number of pyridine rings is 1. The molecule has 1 aliphatic heterocycles. The summed E-state index contributed by atoms with van der Waals surface area (Å²) in [6, 6.07) is 3.57. The highest BCUT2D eigenvalue weighted by Crippen LogP contribution is 2.49. The Kier molecular flexibility index (Phi) is 5.14. The van der Waals surface area contributed by atoms with Crippen LogP contribution in [0.15, 0.2) is 41.5 Å². The first-order chi connectivity index (χ1) is 16.2. The molecule has 3 heterocycles. The van der Waals surface area contributed by atoms with Crippen LogP contribution in [0.3, 0.4) is 0 Å². The predicted molar refractivity (Wildman–Crippen MR) is 114 cm³/mol. The zero-order chi connectivity index (χ0) is 24.3. The fourth-order valence-electron chi connectivity index (χ4n) is 4.84. The molecule has 0 bridgehead atoms. The molecule has 1 aliphatic carbocycles. The van der Waals surface area contributed by atoms with Crippen molar-refractivity contribution in [3.05, 3.63) is 75.8 Å². The molecular formula is C23H19F4N5O2. The molecule has 11 heteroatoms. The van der Waals surface area contributed by atoms with E-state index < -0.39 is 34.7 Å². The number of carbonyl (C=O) groups is 1. The molecule has 3 aromatic rings. The zero-order valence-electron chi connectivity index (χ0n) is 18.2. The van der Waals surface area contributed by atoms with Gasteiger partial charge in [-0.2, -0.15) is 0 Å². The topological polar surface area (TPSA) is 71.3 Å². The molecule has 2 aromatic heterocycles. The number of amides is 1. The molecule has 1 saturated heterocycles. The molecule has 176 valence electrons. The van der Waals surface area contributed by atoms with E-state index in [4.69, 9.17) is 0 Å². The SMILES string of the molecule is CN(c1nc(-c2ccncc2F)cc(=O)n1C)[C@@H]1[C@@H]2CN(C(=O)c3c(F)cc(F)cc3F)C[C@@H]21. The number of benzene rings is 1. The summed E-state index contributed by atoms with van der Waals surface area (Å²) in [4.78, 5) is 36.5. The Labute approximate surface area is 191 Å². The fraction of sp³-hybridized carbons (Fsp3) is 0.304. The lowest BCUT2D eigenvalue weighted by atomic mass is 10.1. The van der Waals surface area contributed by atoms with Crippen molar-refractivity contribution >= 4 is 11.9 Å². The van der Waals surface area contributed by atoms with E-state index in [1.165, 1.54) is 27.8 Å². The number of hydrogen-bond acceptors (Lipinski definition) is 5. The zero-order valence-corrected chi connectivity index (χ0v) is 18.2. The summed E-state index contributed by atoms with van der Waals surface area (Å²) in [6.45, 7) is 0.503. The van der Waals surface area contributed by atoms with Crippen LogP contribution in [-0.2, 0) is 7.05 Å². The maximum absolute atomic E-state index is 14.2. The van der Waals surface area contributed by atoms with Crippen molar-refractivity contribution in [2.75, 3.05) is 25.0 Å². The van der Waals surface area contributed by atoms with E-state index in [-0.39, 0.29) is 47.8 Å². The highest BCUT2D eigenvalue weighted by molar-refractivity contribution is 5.95. The summed E-state index contributed by atoms with van der Waals surface area (Å²) >= 11 is 0. The van der Waals surface area contributed by atoms with Crippen molar-refractivity contribution in [3.8, 4) is 11.3 Å². The Balaban J connectivity index is 1.36.